The molecule has 0 spiro atoms. The molecule has 134 valence electrons. The molecule has 1 aromatic heterocycles. The van der Waals surface area contributed by atoms with Crippen molar-refractivity contribution < 1.29 is 13.9 Å². The molecule has 0 aliphatic rings. The van der Waals surface area contributed by atoms with E-state index in [0.29, 0.717) is 28.4 Å². The number of aromatic nitrogens is 1. The lowest BCUT2D eigenvalue weighted by atomic mass is 10.1. The molecule has 27 heavy (non-hydrogen) atoms. The highest BCUT2D eigenvalue weighted by Gasteiger charge is 2.10. The summed E-state index contributed by atoms with van der Waals surface area (Å²) in [7, 11) is 0. The molecule has 0 aliphatic carbocycles. The van der Waals surface area contributed by atoms with Crippen molar-refractivity contribution in [2.45, 2.75) is 6.92 Å². The minimum Gasteiger partial charge on any atom is -0.484 e. The molecule has 0 atom stereocenters. The molecule has 1 N–H and O–H groups in total. The number of hydrogen-bond donors (Lipinski definition) is 1. The van der Waals surface area contributed by atoms with E-state index in [9.17, 15) is 4.79 Å². The van der Waals surface area contributed by atoms with Gasteiger partial charge in [0.15, 0.2) is 12.2 Å². The third kappa shape index (κ3) is 3.98. The van der Waals surface area contributed by atoms with Crippen LogP contribution in [-0.4, -0.2) is 17.5 Å². The molecule has 1 amide bonds. The first-order valence-electron chi connectivity index (χ1n) is 8.63. The lowest BCUT2D eigenvalue weighted by Crippen LogP contribution is -2.20. The molecule has 0 aliphatic heterocycles. The highest BCUT2D eigenvalue weighted by atomic mass is 16.5. The number of rotatable bonds is 5. The van der Waals surface area contributed by atoms with E-state index in [1.54, 1.807) is 30.3 Å². The van der Waals surface area contributed by atoms with E-state index < -0.39 is 0 Å². The molecular weight excluding hydrogens is 340 g/mol. The van der Waals surface area contributed by atoms with E-state index in [4.69, 9.17) is 9.15 Å². The number of carbonyl (C=O) groups is 1. The maximum atomic E-state index is 12.1. The van der Waals surface area contributed by atoms with Crippen LogP contribution in [0.5, 0.6) is 5.75 Å². The van der Waals surface area contributed by atoms with Crippen LogP contribution < -0.4 is 10.1 Å². The van der Waals surface area contributed by atoms with E-state index in [-0.39, 0.29) is 12.5 Å². The average molecular weight is 358 g/mol. The second-order valence-corrected chi connectivity index (χ2v) is 6.22. The van der Waals surface area contributed by atoms with Gasteiger partial charge in [-0.3, -0.25) is 4.79 Å². The van der Waals surface area contributed by atoms with Gasteiger partial charge in [-0.15, -0.1) is 0 Å². The Morgan fingerprint density at radius 1 is 1.04 bits per heavy atom. The normalized spacial score (nSPS) is 10.7. The third-order valence-corrected chi connectivity index (χ3v) is 4.08. The second-order valence-electron chi connectivity index (χ2n) is 6.22. The van der Waals surface area contributed by atoms with Gasteiger partial charge in [0.25, 0.3) is 5.91 Å². The summed E-state index contributed by atoms with van der Waals surface area (Å²) in [6.45, 7) is 1.97. The number of oxazole rings is 1. The first kappa shape index (κ1) is 16.8. The zero-order valence-corrected chi connectivity index (χ0v) is 14.8. The summed E-state index contributed by atoms with van der Waals surface area (Å²) in [5, 5.41) is 2.82. The summed E-state index contributed by atoms with van der Waals surface area (Å²) in [5.41, 5.74) is 4.10. The van der Waals surface area contributed by atoms with E-state index in [1.807, 2.05) is 49.4 Å². The van der Waals surface area contributed by atoms with Crippen LogP contribution in [0.3, 0.4) is 0 Å². The van der Waals surface area contributed by atoms with Crippen LogP contribution in [-0.2, 0) is 4.79 Å². The van der Waals surface area contributed by atoms with Crippen LogP contribution in [0.1, 0.15) is 5.56 Å². The van der Waals surface area contributed by atoms with Crippen LogP contribution in [0, 0.1) is 6.92 Å². The lowest BCUT2D eigenvalue weighted by Gasteiger charge is -2.07. The van der Waals surface area contributed by atoms with Gasteiger partial charge in [0.1, 0.15) is 11.3 Å². The maximum Gasteiger partial charge on any atom is 0.262 e. The number of ether oxygens (including phenoxy) is 1. The van der Waals surface area contributed by atoms with Gasteiger partial charge in [0.05, 0.1) is 0 Å². The van der Waals surface area contributed by atoms with Gasteiger partial charge in [-0.25, -0.2) is 4.98 Å². The fourth-order valence-corrected chi connectivity index (χ4v) is 2.69. The van der Waals surface area contributed by atoms with Crippen LogP contribution in [0.25, 0.3) is 22.6 Å². The van der Waals surface area contributed by atoms with Crippen molar-refractivity contribution in [3.63, 3.8) is 0 Å². The number of fused-ring (bicyclic) bond motifs is 1. The molecule has 0 unspecified atom stereocenters. The standard InChI is InChI=1S/C22H18N2O3/c1-15-7-9-16(10-8-15)22-24-19-13-17(11-12-20(19)27-22)23-21(25)14-26-18-5-3-2-4-6-18/h2-13H,14H2,1H3,(H,23,25). The minimum absolute atomic E-state index is 0.0600. The number of amides is 1. The van der Waals surface area contributed by atoms with Crippen molar-refractivity contribution in [1.82, 2.24) is 4.98 Å². The van der Waals surface area contributed by atoms with Gasteiger partial charge in [-0.2, -0.15) is 0 Å². The molecule has 3 aromatic carbocycles. The molecule has 0 bridgehead atoms. The van der Waals surface area contributed by atoms with Crippen LogP contribution in [0.15, 0.2) is 77.2 Å². The Morgan fingerprint density at radius 3 is 2.59 bits per heavy atom. The maximum absolute atomic E-state index is 12.1. The highest BCUT2D eigenvalue weighted by Crippen LogP contribution is 2.26. The first-order valence-corrected chi connectivity index (χ1v) is 8.63. The summed E-state index contributed by atoms with van der Waals surface area (Å²) >= 11 is 0. The Morgan fingerprint density at radius 2 is 1.81 bits per heavy atom. The van der Waals surface area contributed by atoms with E-state index in [2.05, 4.69) is 10.3 Å². The monoisotopic (exact) mass is 358 g/mol. The van der Waals surface area contributed by atoms with Gasteiger partial charge < -0.3 is 14.5 Å². The Balaban J connectivity index is 1.46. The predicted molar refractivity (Wildman–Crippen MR) is 105 cm³/mol. The number of nitrogens with zero attached hydrogens (tertiary/aromatic N) is 1. The van der Waals surface area contributed by atoms with Gasteiger partial charge in [-0.05, 0) is 49.4 Å². The van der Waals surface area contributed by atoms with E-state index in [1.165, 1.54) is 5.56 Å². The predicted octanol–water partition coefficient (Wildman–Crippen LogP) is 4.82. The minimum atomic E-state index is -0.236. The van der Waals surface area contributed by atoms with Gasteiger partial charge in [-0.1, -0.05) is 35.9 Å². The summed E-state index contributed by atoms with van der Waals surface area (Å²) < 4.78 is 11.3. The fourth-order valence-electron chi connectivity index (χ4n) is 2.69. The van der Waals surface area contributed by atoms with Crippen LogP contribution in [0.2, 0.25) is 0 Å². The molecule has 5 nitrogen and oxygen atoms in total. The molecule has 0 saturated heterocycles. The number of carbonyl (C=O) groups excluding carboxylic acids is 1. The van der Waals surface area contributed by atoms with Crippen molar-refractivity contribution in [3.8, 4) is 17.2 Å². The number of nitrogens with one attached hydrogen (secondary N) is 1. The Kier molecular flexibility index (Phi) is 4.58. The Hall–Kier alpha value is -3.60. The van der Waals surface area contributed by atoms with Gasteiger partial charge in [0, 0.05) is 11.3 Å². The quantitative estimate of drug-likeness (QED) is 0.555. The second kappa shape index (κ2) is 7.33. The van der Waals surface area contributed by atoms with Gasteiger partial charge in [0.2, 0.25) is 5.89 Å². The Labute approximate surface area is 156 Å². The highest BCUT2D eigenvalue weighted by molar-refractivity contribution is 5.94. The fraction of sp³-hybridized carbons (Fsp3) is 0.0909. The molecule has 0 radical (unpaired) electrons. The molecule has 4 aromatic rings. The molecular formula is C22H18N2O3. The van der Waals surface area contributed by atoms with E-state index in [0.717, 1.165) is 5.56 Å². The third-order valence-electron chi connectivity index (χ3n) is 4.08. The zero-order valence-electron chi connectivity index (χ0n) is 14.8. The van der Waals surface area contributed by atoms with Crippen molar-refractivity contribution in [2.75, 3.05) is 11.9 Å². The molecule has 4 rings (SSSR count). The molecule has 0 saturated carbocycles. The van der Waals surface area contributed by atoms with Crippen molar-refractivity contribution in [2.24, 2.45) is 0 Å². The van der Waals surface area contributed by atoms with E-state index >= 15 is 0 Å². The van der Waals surface area contributed by atoms with Crippen LogP contribution >= 0.6 is 0 Å². The van der Waals surface area contributed by atoms with Crippen molar-refractivity contribution >= 4 is 22.7 Å². The summed E-state index contributed by atoms with van der Waals surface area (Å²) in [5.74, 6) is 0.976. The SMILES string of the molecule is Cc1ccc(-c2nc3cc(NC(=O)COc4ccccc4)ccc3o2)cc1. The Bertz CT molecular complexity index is 1070. The number of hydrogen-bond acceptors (Lipinski definition) is 4. The van der Waals surface area contributed by atoms with Crippen molar-refractivity contribution in [1.29, 1.82) is 0 Å². The number of para-hydroxylation sites is 1. The lowest BCUT2D eigenvalue weighted by molar-refractivity contribution is -0.118. The molecule has 5 heteroatoms. The first-order chi connectivity index (χ1) is 13.2. The van der Waals surface area contributed by atoms with Gasteiger partial charge >= 0.3 is 0 Å². The van der Waals surface area contributed by atoms with Crippen molar-refractivity contribution in [3.05, 3.63) is 78.4 Å². The topological polar surface area (TPSA) is 64.4 Å². The number of aryl methyl sites for hydroxylation is 1. The average Bonchev–Trinajstić information content (AvgIpc) is 3.11. The molecule has 1 heterocycles. The number of anilines is 1. The molecule has 0 fully saturated rings. The smallest absolute Gasteiger partial charge is 0.262 e. The largest absolute Gasteiger partial charge is 0.484 e. The van der Waals surface area contributed by atoms with Crippen LogP contribution in [0.4, 0.5) is 5.69 Å². The summed E-state index contributed by atoms with van der Waals surface area (Å²) in [6.07, 6.45) is 0. The summed E-state index contributed by atoms with van der Waals surface area (Å²) in [6, 6.07) is 22.6. The zero-order chi connectivity index (χ0) is 18.6. The number of benzene rings is 3. The summed E-state index contributed by atoms with van der Waals surface area (Å²) in [4.78, 5) is 16.6.